The summed E-state index contributed by atoms with van der Waals surface area (Å²) in [6.07, 6.45) is 2.08. The molecule has 1 aromatic carbocycles. The van der Waals surface area contributed by atoms with Gasteiger partial charge < -0.3 is 10.8 Å². The molecule has 21 heavy (non-hydrogen) atoms. The first-order valence-electron chi connectivity index (χ1n) is 6.65. The van der Waals surface area contributed by atoms with Gasteiger partial charge in [0, 0.05) is 12.7 Å². The smallest absolute Gasteiger partial charge is 0.246 e. The van der Waals surface area contributed by atoms with Crippen molar-refractivity contribution in [2.24, 2.45) is 0 Å². The number of hydrogen-bond donors (Lipinski definition) is 2. The first-order valence-corrected chi connectivity index (χ1v) is 8.89. The van der Waals surface area contributed by atoms with Gasteiger partial charge in [0.1, 0.15) is 4.90 Å². The number of aliphatic hydroxyl groups is 1. The summed E-state index contributed by atoms with van der Waals surface area (Å²) in [5.74, 6) is -0.874. The summed E-state index contributed by atoms with van der Waals surface area (Å²) in [5.41, 5.74) is 5.75. The molecule has 1 aromatic rings. The molecular formula is C13H18BrFN2O3S. The summed E-state index contributed by atoms with van der Waals surface area (Å²) in [6, 6.07) is 1.87. The minimum atomic E-state index is -4.06. The zero-order chi connectivity index (χ0) is 15.8. The topological polar surface area (TPSA) is 83.6 Å². The van der Waals surface area contributed by atoms with Gasteiger partial charge in [-0.25, -0.2) is 12.8 Å². The lowest BCUT2D eigenvalue weighted by molar-refractivity contribution is 0.0637. The van der Waals surface area contributed by atoms with Crippen molar-refractivity contribution in [1.29, 1.82) is 0 Å². The van der Waals surface area contributed by atoms with Crippen molar-refractivity contribution in [2.75, 3.05) is 12.8 Å². The predicted molar refractivity (Wildman–Crippen MR) is 81.7 cm³/mol. The number of nitrogens with zero attached hydrogens (tertiary/aromatic N) is 1. The molecule has 0 spiro atoms. The largest absolute Gasteiger partial charge is 0.399 e. The van der Waals surface area contributed by atoms with Crippen molar-refractivity contribution >= 4 is 31.6 Å². The Bertz CT molecular complexity index is 639. The van der Waals surface area contributed by atoms with Crippen LogP contribution in [-0.4, -0.2) is 37.0 Å². The molecule has 2 atom stereocenters. The highest BCUT2D eigenvalue weighted by molar-refractivity contribution is 9.10. The number of hydrogen-bond acceptors (Lipinski definition) is 4. The average Bonchev–Trinajstić information content (AvgIpc) is 2.42. The number of halogens is 2. The van der Waals surface area contributed by atoms with Gasteiger partial charge in [0.25, 0.3) is 0 Å². The van der Waals surface area contributed by atoms with E-state index < -0.39 is 32.9 Å². The van der Waals surface area contributed by atoms with Crippen molar-refractivity contribution in [3.05, 3.63) is 22.4 Å². The fourth-order valence-electron chi connectivity index (χ4n) is 2.62. The van der Waals surface area contributed by atoms with Crippen LogP contribution < -0.4 is 5.73 Å². The Balaban J connectivity index is 2.42. The lowest BCUT2D eigenvalue weighted by Gasteiger charge is -2.34. The number of sulfonamides is 1. The van der Waals surface area contributed by atoms with Crippen LogP contribution in [0.1, 0.15) is 25.7 Å². The van der Waals surface area contributed by atoms with Crippen LogP contribution >= 0.6 is 15.9 Å². The first kappa shape index (κ1) is 16.7. The molecule has 3 N–H and O–H groups in total. The number of aliphatic hydroxyl groups excluding tert-OH is 1. The maximum Gasteiger partial charge on any atom is 0.246 e. The summed E-state index contributed by atoms with van der Waals surface area (Å²) in [5, 5.41) is 9.99. The molecule has 118 valence electrons. The van der Waals surface area contributed by atoms with Gasteiger partial charge in [-0.3, -0.25) is 0 Å². The van der Waals surface area contributed by atoms with Crippen LogP contribution in [0.3, 0.4) is 0 Å². The SMILES string of the molecule is CN(C1CCCCC1O)S(=O)(=O)c1cc(N)cc(Br)c1F. The van der Waals surface area contributed by atoms with Crippen LogP contribution in [0.4, 0.5) is 10.1 Å². The van der Waals surface area contributed by atoms with E-state index in [1.54, 1.807) is 0 Å². The van der Waals surface area contributed by atoms with Crippen molar-refractivity contribution in [1.82, 2.24) is 4.31 Å². The third kappa shape index (κ3) is 3.23. The number of rotatable bonds is 3. The Morgan fingerprint density at radius 2 is 2.00 bits per heavy atom. The highest BCUT2D eigenvalue weighted by Gasteiger charge is 2.36. The van der Waals surface area contributed by atoms with E-state index in [2.05, 4.69) is 15.9 Å². The molecule has 1 fully saturated rings. The molecule has 0 saturated heterocycles. The summed E-state index contributed by atoms with van der Waals surface area (Å²) < 4.78 is 40.4. The van der Waals surface area contributed by atoms with Gasteiger partial charge in [0.15, 0.2) is 5.82 Å². The highest BCUT2D eigenvalue weighted by atomic mass is 79.9. The molecule has 2 rings (SSSR count). The number of benzene rings is 1. The van der Waals surface area contributed by atoms with Gasteiger partial charge in [-0.1, -0.05) is 12.8 Å². The van der Waals surface area contributed by atoms with Crippen molar-refractivity contribution in [3.8, 4) is 0 Å². The second kappa shape index (κ2) is 6.20. The molecule has 1 aliphatic carbocycles. The minimum absolute atomic E-state index is 0.00123. The molecule has 0 amide bonds. The lowest BCUT2D eigenvalue weighted by atomic mass is 9.93. The Morgan fingerprint density at radius 3 is 2.62 bits per heavy atom. The third-order valence-electron chi connectivity index (χ3n) is 3.84. The van der Waals surface area contributed by atoms with Crippen LogP contribution in [-0.2, 0) is 10.0 Å². The number of nitrogens with two attached hydrogens (primary N) is 1. The maximum atomic E-state index is 14.1. The first-order chi connectivity index (χ1) is 9.75. The van der Waals surface area contributed by atoms with E-state index in [0.717, 1.165) is 23.2 Å². The molecule has 1 aliphatic rings. The lowest BCUT2D eigenvalue weighted by Crippen LogP contribution is -2.46. The van der Waals surface area contributed by atoms with E-state index in [1.165, 1.54) is 13.1 Å². The van der Waals surface area contributed by atoms with Gasteiger partial charge in [0.2, 0.25) is 10.0 Å². The second-order valence-corrected chi connectivity index (χ2v) is 8.08. The van der Waals surface area contributed by atoms with Crippen LogP contribution in [0.2, 0.25) is 0 Å². The van der Waals surface area contributed by atoms with Gasteiger partial charge >= 0.3 is 0 Å². The number of likely N-dealkylation sites (N-methyl/N-ethyl adjacent to an activating group) is 1. The molecule has 1 saturated carbocycles. The Morgan fingerprint density at radius 1 is 1.38 bits per heavy atom. The highest BCUT2D eigenvalue weighted by Crippen LogP contribution is 2.31. The normalized spacial score (nSPS) is 23.5. The quantitative estimate of drug-likeness (QED) is 0.786. The fraction of sp³-hybridized carbons (Fsp3) is 0.538. The van der Waals surface area contributed by atoms with Gasteiger partial charge in [-0.2, -0.15) is 4.31 Å². The third-order valence-corrected chi connectivity index (χ3v) is 6.29. The van der Waals surface area contributed by atoms with E-state index in [-0.39, 0.29) is 10.2 Å². The van der Waals surface area contributed by atoms with Crippen LogP contribution in [0.5, 0.6) is 0 Å². The zero-order valence-corrected chi connectivity index (χ0v) is 14.0. The van der Waals surface area contributed by atoms with Crippen LogP contribution in [0.25, 0.3) is 0 Å². The fourth-order valence-corrected chi connectivity index (χ4v) is 4.76. The number of anilines is 1. The van der Waals surface area contributed by atoms with E-state index >= 15 is 0 Å². The standard InChI is InChI=1S/C13H18BrFN2O3S/c1-17(10-4-2-3-5-11(10)18)21(19,20)12-7-8(16)6-9(14)13(12)15/h6-7,10-11,18H,2-5,16H2,1H3. The molecule has 0 aromatic heterocycles. The average molecular weight is 381 g/mol. The van der Waals surface area contributed by atoms with Gasteiger partial charge in [0.05, 0.1) is 16.6 Å². The summed E-state index contributed by atoms with van der Waals surface area (Å²) in [7, 11) is -2.69. The summed E-state index contributed by atoms with van der Waals surface area (Å²) in [6.45, 7) is 0. The van der Waals surface area contributed by atoms with E-state index in [1.807, 2.05) is 0 Å². The molecule has 0 radical (unpaired) electrons. The van der Waals surface area contributed by atoms with Crippen molar-refractivity contribution < 1.29 is 17.9 Å². The predicted octanol–water partition coefficient (Wildman–Crippen LogP) is 2.09. The van der Waals surface area contributed by atoms with Gasteiger partial charge in [-0.05, 0) is 40.9 Å². The van der Waals surface area contributed by atoms with Crippen LogP contribution in [0, 0.1) is 5.82 Å². The van der Waals surface area contributed by atoms with Gasteiger partial charge in [-0.15, -0.1) is 0 Å². The maximum absolute atomic E-state index is 14.1. The Labute approximate surface area is 132 Å². The molecule has 5 nitrogen and oxygen atoms in total. The monoisotopic (exact) mass is 380 g/mol. The molecule has 0 bridgehead atoms. The van der Waals surface area contributed by atoms with E-state index in [9.17, 15) is 17.9 Å². The zero-order valence-electron chi connectivity index (χ0n) is 11.6. The summed E-state index contributed by atoms with van der Waals surface area (Å²) in [4.78, 5) is -0.477. The molecule has 0 aliphatic heterocycles. The molecule has 8 heteroatoms. The van der Waals surface area contributed by atoms with Crippen molar-refractivity contribution in [2.45, 2.75) is 42.7 Å². The number of nitrogen functional groups attached to an aromatic ring is 1. The summed E-state index contributed by atoms with van der Waals surface area (Å²) >= 11 is 2.96. The molecule has 2 unspecified atom stereocenters. The van der Waals surface area contributed by atoms with E-state index in [4.69, 9.17) is 5.73 Å². The minimum Gasteiger partial charge on any atom is -0.399 e. The second-order valence-electron chi connectivity index (χ2n) is 5.26. The molecule has 0 heterocycles. The Kier molecular flexibility index (Phi) is 4.92. The van der Waals surface area contributed by atoms with Crippen molar-refractivity contribution in [3.63, 3.8) is 0 Å². The Hall–Kier alpha value is -0.700. The van der Waals surface area contributed by atoms with Crippen LogP contribution in [0.15, 0.2) is 21.5 Å². The molecular weight excluding hydrogens is 363 g/mol. The van der Waals surface area contributed by atoms with E-state index in [0.29, 0.717) is 12.8 Å².